The van der Waals surface area contributed by atoms with Crippen LogP contribution < -0.4 is 10.6 Å². The molecule has 0 aliphatic heterocycles. The number of nitrogens with one attached hydrogen (secondary N) is 2. The van der Waals surface area contributed by atoms with Gasteiger partial charge in [-0.05, 0) is 24.1 Å². The van der Waals surface area contributed by atoms with E-state index in [0.29, 0.717) is 18.3 Å². The fourth-order valence-electron chi connectivity index (χ4n) is 2.39. The van der Waals surface area contributed by atoms with Crippen molar-refractivity contribution < 1.29 is 5.11 Å². The minimum Gasteiger partial charge on any atom is -0.395 e. The van der Waals surface area contributed by atoms with Crippen molar-refractivity contribution in [3.63, 3.8) is 0 Å². The standard InChI is InChI=1S/C16H20N6O/c1-3-11-5-4-6-12(9-11)19-16-20-14(17-7-8-23)13-10-18-22(2)15(13)21-16/h4-6,9-10,23H,3,7-8H2,1-2H3,(H2,17,19,20,21). The van der Waals surface area contributed by atoms with E-state index in [4.69, 9.17) is 5.11 Å². The van der Waals surface area contributed by atoms with Crippen molar-refractivity contribution in [2.24, 2.45) is 7.05 Å². The van der Waals surface area contributed by atoms with E-state index >= 15 is 0 Å². The van der Waals surface area contributed by atoms with Crippen LogP contribution >= 0.6 is 0 Å². The van der Waals surface area contributed by atoms with Crippen LogP contribution in [0, 0.1) is 0 Å². The second-order valence-corrected chi connectivity index (χ2v) is 5.23. The summed E-state index contributed by atoms with van der Waals surface area (Å²) < 4.78 is 1.70. The summed E-state index contributed by atoms with van der Waals surface area (Å²) in [5.41, 5.74) is 2.92. The van der Waals surface area contributed by atoms with Crippen LogP contribution in [0.4, 0.5) is 17.5 Å². The lowest BCUT2D eigenvalue weighted by Gasteiger charge is -2.10. The number of anilines is 3. The van der Waals surface area contributed by atoms with Crippen molar-refractivity contribution in [3.05, 3.63) is 36.0 Å². The molecule has 2 aromatic heterocycles. The molecular formula is C16H20N6O. The molecule has 120 valence electrons. The number of aryl methyl sites for hydroxylation is 2. The third kappa shape index (κ3) is 3.24. The summed E-state index contributed by atoms with van der Waals surface area (Å²) in [6.45, 7) is 2.58. The Kier molecular flexibility index (Phi) is 4.38. The summed E-state index contributed by atoms with van der Waals surface area (Å²) in [6, 6.07) is 8.16. The summed E-state index contributed by atoms with van der Waals surface area (Å²) in [7, 11) is 1.84. The van der Waals surface area contributed by atoms with Gasteiger partial charge in [0.25, 0.3) is 0 Å². The first-order valence-corrected chi connectivity index (χ1v) is 7.61. The number of hydrogen-bond donors (Lipinski definition) is 3. The molecule has 0 saturated heterocycles. The third-order valence-corrected chi connectivity index (χ3v) is 3.59. The maximum atomic E-state index is 9.02. The summed E-state index contributed by atoms with van der Waals surface area (Å²) in [6.07, 6.45) is 2.69. The molecule has 0 radical (unpaired) electrons. The predicted octanol–water partition coefficient (Wildman–Crippen LogP) is 2.07. The Hall–Kier alpha value is -2.67. The molecule has 23 heavy (non-hydrogen) atoms. The van der Waals surface area contributed by atoms with Gasteiger partial charge >= 0.3 is 0 Å². The van der Waals surface area contributed by atoms with Crippen LogP contribution in [-0.4, -0.2) is 38.0 Å². The fourth-order valence-corrected chi connectivity index (χ4v) is 2.39. The number of benzene rings is 1. The molecule has 0 saturated carbocycles. The third-order valence-electron chi connectivity index (χ3n) is 3.59. The summed E-state index contributed by atoms with van der Waals surface area (Å²) in [5, 5.41) is 20.4. The molecule has 0 bridgehead atoms. The van der Waals surface area contributed by atoms with Crippen LogP contribution in [0.5, 0.6) is 0 Å². The Morgan fingerprint density at radius 3 is 2.91 bits per heavy atom. The fraction of sp³-hybridized carbons (Fsp3) is 0.312. The van der Waals surface area contributed by atoms with Crippen LogP contribution in [0.2, 0.25) is 0 Å². The molecular weight excluding hydrogens is 292 g/mol. The molecule has 1 aromatic carbocycles. The molecule has 3 rings (SSSR count). The van der Waals surface area contributed by atoms with Gasteiger partial charge in [-0.2, -0.15) is 15.1 Å². The van der Waals surface area contributed by atoms with E-state index in [1.807, 2.05) is 19.2 Å². The first-order chi connectivity index (χ1) is 11.2. The molecule has 0 spiro atoms. The van der Waals surface area contributed by atoms with Gasteiger partial charge < -0.3 is 15.7 Å². The lowest BCUT2D eigenvalue weighted by Crippen LogP contribution is -2.09. The highest BCUT2D eigenvalue weighted by Crippen LogP contribution is 2.23. The number of rotatable bonds is 6. The molecule has 7 nitrogen and oxygen atoms in total. The molecule has 0 unspecified atom stereocenters. The first kappa shape index (κ1) is 15.2. The van der Waals surface area contributed by atoms with Gasteiger partial charge in [0.2, 0.25) is 5.95 Å². The van der Waals surface area contributed by atoms with Gasteiger partial charge in [-0.15, -0.1) is 0 Å². The van der Waals surface area contributed by atoms with Crippen molar-refractivity contribution in [1.82, 2.24) is 19.7 Å². The van der Waals surface area contributed by atoms with Crippen molar-refractivity contribution in [1.29, 1.82) is 0 Å². The number of aliphatic hydroxyl groups is 1. The van der Waals surface area contributed by atoms with Gasteiger partial charge in [0.05, 0.1) is 18.2 Å². The number of nitrogens with zero attached hydrogens (tertiary/aromatic N) is 4. The molecule has 2 heterocycles. The minimum atomic E-state index is 0.0348. The van der Waals surface area contributed by atoms with E-state index in [0.717, 1.165) is 23.1 Å². The van der Waals surface area contributed by atoms with E-state index in [2.05, 4.69) is 44.8 Å². The zero-order chi connectivity index (χ0) is 16.2. The molecule has 7 heteroatoms. The van der Waals surface area contributed by atoms with E-state index < -0.39 is 0 Å². The largest absolute Gasteiger partial charge is 0.395 e. The normalized spacial score (nSPS) is 10.9. The van der Waals surface area contributed by atoms with Gasteiger partial charge in [-0.25, -0.2) is 0 Å². The van der Waals surface area contributed by atoms with Crippen LogP contribution in [0.1, 0.15) is 12.5 Å². The number of aliphatic hydroxyl groups excluding tert-OH is 1. The SMILES string of the molecule is CCc1cccc(Nc2nc(NCCO)c3cnn(C)c3n2)c1. The molecule has 3 N–H and O–H groups in total. The summed E-state index contributed by atoms with van der Waals surface area (Å²) >= 11 is 0. The number of aromatic nitrogens is 4. The van der Waals surface area contributed by atoms with Gasteiger partial charge in [0.1, 0.15) is 5.82 Å². The van der Waals surface area contributed by atoms with Gasteiger partial charge in [0.15, 0.2) is 5.65 Å². The van der Waals surface area contributed by atoms with E-state index in [-0.39, 0.29) is 6.61 Å². The Labute approximate surface area is 134 Å². The average molecular weight is 312 g/mol. The zero-order valence-electron chi connectivity index (χ0n) is 13.2. The second-order valence-electron chi connectivity index (χ2n) is 5.23. The Bertz CT molecular complexity index is 813. The van der Waals surface area contributed by atoms with E-state index in [1.165, 1.54) is 5.56 Å². The number of hydrogen-bond acceptors (Lipinski definition) is 6. The van der Waals surface area contributed by atoms with E-state index in [9.17, 15) is 0 Å². The van der Waals surface area contributed by atoms with Crippen molar-refractivity contribution >= 4 is 28.5 Å². The molecule has 0 fully saturated rings. The minimum absolute atomic E-state index is 0.0348. The van der Waals surface area contributed by atoms with Crippen molar-refractivity contribution in [2.45, 2.75) is 13.3 Å². The quantitative estimate of drug-likeness (QED) is 0.646. The van der Waals surface area contributed by atoms with Crippen LogP contribution in [-0.2, 0) is 13.5 Å². The lowest BCUT2D eigenvalue weighted by molar-refractivity contribution is 0.311. The highest BCUT2D eigenvalue weighted by atomic mass is 16.3. The molecule has 0 aliphatic carbocycles. The lowest BCUT2D eigenvalue weighted by atomic mass is 10.1. The van der Waals surface area contributed by atoms with Gasteiger partial charge in [-0.3, -0.25) is 4.68 Å². The molecule has 3 aromatic rings. The van der Waals surface area contributed by atoms with Crippen LogP contribution in [0.25, 0.3) is 11.0 Å². The zero-order valence-corrected chi connectivity index (χ0v) is 13.2. The maximum Gasteiger partial charge on any atom is 0.231 e. The highest BCUT2D eigenvalue weighted by molar-refractivity contribution is 5.87. The Morgan fingerprint density at radius 1 is 1.26 bits per heavy atom. The summed E-state index contributed by atoms with van der Waals surface area (Å²) in [4.78, 5) is 9.03. The summed E-state index contributed by atoms with van der Waals surface area (Å²) in [5.74, 6) is 1.15. The highest BCUT2D eigenvalue weighted by Gasteiger charge is 2.11. The Morgan fingerprint density at radius 2 is 2.13 bits per heavy atom. The Balaban J connectivity index is 1.97. The van der Waals surface area contributed by atoms with E-state index in [1.54, 1.807) is 10.9 Å². The molecule has 0 atom stereocenters. The monoisotopic (exact) mass is 312 g/mol. The predicted molar refractivity (Wildman–Crippen MR) is 91.0 cm³/mol. The van der Waals surface area contributed by atoms with Crippen LogP contribution in [0.3, 0.4) is 0 Å². The maximum absolute atomic E-state index is 9.02. The molecule has 0 amide bonds. The smallest absolute Gasteiger partial charge is 0.231 e. The van der Waals surface area contributed by atoms with Crippen molar-refractivity contribution in [3.8, 4) is 0 Å². The first-order valence-electron chi connectivity index (χ1n) is 7.61. The van der Waals surface area contributed by atoms with Gasteiger partial charge in [0, 0.05) is 19.3 Å². The topological polar surface area (TPSA) is 87.9 Å². The van der Waals surface area contributed by atoms with Crippen molar-refractivity contribution in [2.75, 3.05) is 23.8 Å². The number of fused-ring (bicyclic) bond motifs is 1. The molecule has 0 aliphatic rings. The van der Waals surface area contributed by atoms with Crippen LogP contribution in [0.15, 0.2) is 30.5 Å². The average Bonchev–Trinajstić information content (AvgIpc) is 2.94. The second kappa shape index (κ2) is 6.62. The van der Waals surface area contributed by atoms with Gasteiger partial charge in [-0.1, -0.05) is 19.1 Å².